The number of hydrogen-bond donors (Lipinski definition) is 2. The van der Waals surface area contributed by atoms with Gasteiger partial charge in [-0.05, 0) is 24.3 Å². The van der Waals surface area contributed by atoms with E-state index in [-0.39, 0.29) is 11.8 Å². The van der Waals surface area contributed by atoms with Gasteiger partial charge in [-0.15, -0.1) is 0 Å². The number of imidazole rings is 1. The van der Waals surface area contributed by atoms with Gasteiger partial charge >= 0.3 is 11.7 Å². The molecule has 0 aliphatic rings. The highest BCUT2D eigenvalue weighted by molar-refractivity contribution is 5.74. The number of esters is 1. The zero-order valence-corrected chi connectivity index (χ0v) is 13.6. The first-order chi connectivity index (χ1) is 11.0. The van der Waals surface area contributed by atoms with Crippen LogP contribution in [-0.4, -0.2) is 27.7 Å². The van der Waals surface area contributed by atoms with Crippen molar-refractivity contribution in [2.75, 3.05) is 7.11 Å². The van der Waals surface area contributed by atoms with Crippen LogP contribution in [0.3, 0.4) is 0 Å². The summed E-state index contributed by atoms with van der Waals surface area (Å²) in [5.41, 5.74) is 1.02. The summed E-state index contributed by atoms with van der Waals surface area (Å²) >= 11 is 0. The van der Waals surface area contributed by atoms with E-state index in [1.54, 1.807) is 13.8 Å². The lowest BCUT2D eigenvalue weighted by atomic mass is 10.0. The molecule has 0 saturated carbocycles. The number of nitrogens with zero attached hydrogens (tertiary/aromatic N) is 1. The molecule has 6 heteroatoms. The number of aryl methyl sites for hydroxylation is 2. The summed E-state index contributed by atoms with van der Waals surface area (Å²) in [5.74, 6) is -0.940. The van der Waals surface area contributed by atoms with Crippen molar-refractivity contribution in [3.05, 3.63) is 52.1 Å². The normalized spacial score (nSPS) is 12.3. The Bertz CT molecular complexity index is 716. The van der Waals surface area contributed by atoms with Crippen molar-refractivity contribution >= 4 is 5.97 Å². The summed E-state index contributed by atoms with van der Waals surface area (Å²) < 4.78 is 5.83. The van der Waals surface area contributed by atoms with Crippen LogP contribution in [0.2, 0.25) is 0 Å². The molecule has 0 aliphatic heterocycles. The van der Waals surface area contributed by atoms with E-state index in [4.69, 9.17) is 4.74 Å². The van der Waals surface area contributed by atoms with Crippen LogP contribution in [0, 0.1) is 5.92 Å². The van der Waals surface area contributed by atoms with Gasteiger partial charge in [-0.1, -0.05) is 44.2 Å². The summed E-state index contributed by atoms with van der Waals surface area (Å²) in [4.78, 5) is 26.8. The molecule has 0 bridgehead atoms. The zero-order valence-electron chi connectivity index (χ0n) is 13.6. The zero-order chi connectivity index (χ0) is 17.0. The minimum atomic E-state index is -0.853. The molecule has 2 N–H and O–H groups in total. The molecule has 6 nitrogen and oxygen atoms in total. The first kappa shape index (κ1) is 16.9. The van der Waals surface area contributed by atoms with Crippen molar-refractivity contribution in [3.63, 3.8) is 0 Å². The number of aromatic amines is 1. The molecule has 2 aromatic rings. The van der Waals surface area contributed by atoms with Crippen LogP contribution in [0.4, 0.5) is 0 Å². The van der Waals surface area contributed by atoms with Gasteiger partial charge in [0.15, 0.2) is 0 Å². The largest absolute Gasteiger partial charge is 0.493 e. The van der Waals surface area contributed by atoms with Crippen molar-refractivity contribution in [2.24, 2.45) is 5.92 Å². The number of methoxy groups -OCH3 is 1. The third-order valence-corrected chi connectivity index (χ3v) is 3.83. The number of aromatic nitrogens is 2. The monoisotopic (exact) mass is 318 g/mol. The second-order valence-electron chi connectivity index (χ2n) is 5.80. The second-order valence-corrected chi connectivity index (χ2v) is 5.80. The van der Waals surface area contributed by atoms with Crippen molar-refractivity contribution < 1.29 is 14.6 Å². The van der Waals surface area contributed by atoms with Crippen LogP contribution in [0.15, 0.2) is 35.1 Å². The third kappa shape index (κ3) is 3.64. The first-order valence-corrected chi connectivity index (χ1v) is 7.59. The summed E-state index contributed by atoms with van der Waals surface area (Å²) in [7, 11) is 1.27. The predicted octanol–water partition coefficient (Wildman–Crippen LogP) is 2.04. The Morgan fingerprint density at radius 2 is 1.91 bits per heavy atom. The summed E-state index contributed by atoms with van der Waals surface area (Å²) in [6.07, 6.45) is 1.16. The Labute approximate surface area is 134 Å². The number of carbonyl (C=O) groups is 1. The van der Waals surface area contributed by atoms with Crippen molar-refractivity contribution in [2.45, 2.75) is 32.7 Å². The lowest BCUT2D eigenvalue weighted by Crippen LogP contribution is -2.32. The summed E-state index contributed by atoms with van der Waals surface area (Å²) in [5, 5.41) is 10.4. The molecule has 0 radical (unpaired) electrons. The molecule has 0 fully saturated rings. The van der Waals surface area contributed by atoms with E-state index in [0.29, 0.717) is 18.5 Å². The fourth-order valence-electron chi connectivity index (χ4n) is 2.63. The number of hydrogen-bond acceptors (Lipinski definition) is 4. The Hall–Kier alpha value is -2.50. The van der Waals surface area contributed by atoms with Gasteiger partial charge in [0.2, 0.25) is 5.88 Å². The summed E-state index contributed by atoms with van der Waals surface area (Å²) in [6, 6.07) is 8.93. The van der Waals surface area contributed by atoms with Crippen LogP contribution in [0.1, 0.15) is 31.1 Å². The minimum Gasteiger partial charge on any atom is -0.493 e. The highest BCUT2D eigenvalue weighted by Gasteiger charge is 2.30. The molecule has 0 saturated heterocycles. The predicted molar refractivity (Wildman–Crippen MR) is 86.5 cm³/mol. The molecular formula is C17H22N2O4. The van der Waals surface area contributed by atoms with Crippen LogP contribution in [-0.2, 0) is 22.4 Å². The Balaban J connectivity index is 2.28. The lowest BCUT2D eigenvalue weighted by molar-refractivity contribution is -0.146. The molecule has 0 amide bonds. The fraction of sp³-hybridized carbons (Fsp3) is 0.412. The molecule has 1 aromatic carbocycles. The van der Waals surface area contributed by atoms with E-state index >= 15 is 0 Å². The molecule has 0 unspecified atom stereocenters. The van der Waals surface area contributed by atoms with E-state index in [0.717, 1.165) is 10.1 Å². The van der Waals surface area contributed by atoms with Crippen LogP contribution >= 0.6 is 0 Å². The summed E-state index contributed by atoms with van der Waals surface area (Å²) in [6.45, 7) is 3.59. The smallest absolute Gasteiger partial charge is 0.329 e. The van der Waals surface area contributed by atoms with E-state index in [2.05, 4.69) is 4.98 Å². The minimum absolute atomic E-state index is 0.191. The average Bonchev–Trinajstić information content (AvgIpc) is 2.81. The van der Waals surface area contributed by atoms with Crippen molar-refractivity contribution in [3.8, 4) is 5.88 Å². The maximum absolute atomic E-state index is 12.2. The quantitative estimate of drug-likeness (QED) is 0.798. The number of nitrogens with one attached hydrogen (secondary N) is 1. The van der Waals surface area contributed by atoms with E-state index in [1.165, 1.54) is 7.11 Å². The van der Waals surface area contributed by atoms with Gasteiger partial charge in [-0.2, -0.15) is 0 Å². The number of ether oxygens (including phenoxy) is 1. The third-order valence-electron chi connectivity index (χ3n) is 3.83. The highest BCUT2D eigenvalue weighted by atomic mass is 16.5. The molecular weight excluding hydrogens is 296 g/mol. The Morgan fingerprint density at radius 3 is 2.48 bits per heavy atom. The first-order valence-electron chi connectivity index (χ1n) is 7.59. The van der Waals surface area contributed by atoms with Gasteiger partial charge in [0.1, 0.15) is 6.04 Å². The molecule has 0 aliphatic carbocycles. The standard InChI is InChI=1S/C17H22N2O4/c1-11(2)14(16(21)23-3)19-15(20)13(18-17(19)22)10-9-12-7-5-4-6-8-12/h4-8,11,14,20H,9-10H2,1-3H3,(H,18,22)/t14-/m1/s1. The lowest BCUT2D eigenvalue weighted by Gasteiger charge is -2.19. The van der Waals surface area contributed by atoms with Gasteiger partial charge in [-0.3, -0.25) is 0 Å². The fourth-order valence-corrected chi connectivity index (χ4v) is 2.63. The van der Waals surface area contributed by atoms with E-state index < -0.39 is 17.7 Å². The molecule has 1 heterocycles. The number of rotatable bonds is 6. The van der Waals surface area contributed by atoms with Crippen molar-refractivity contribution in [1.82, 2.24) is 9.55 Å². The Kier molecular flexibility index (Phi) is 5.26. The maximum atomic E-state index is 12.2. The molecule has 23 heavy (non-hydrogen) atoms. The van der Waals surface area contributed by atoms with E-state index in [9.17, 15) is 14.7 Å². The Morgan fingerprint density at radius 1 is 1.26 bits per heavy atom. The van der Waals surface area contributed by atoms with Gasteiger partial charge in [0, 0.05) is 0 Å². The number of benzene rings is 1. The maximum Gasteiger partial charge on any atom is 0.329 e. The SMILES string of the molecule is COC(=O)[C@@H](C(C)C)n1c(O)c(CCc2ccccc2)[nH]c1=O. The highest BCUT2D eigenvalue weighted by Crippen LogP contribution is 2.25. The van der Waals surface area contributed by atoms with Gasteiger partial charge < -0.3 is 14.8 Å². The van der Waals surface area contributed by atoms with Crippen LogP contribution in [0.25, 0.3) is 0 Å². The van der Waals surface area contributed by atoms with Crippen LogP contribution in [0.5, 0.6) is 5.88 Å². The number of aromatic hydroxyl groups is 1. The number of carbonyl (C=O) groups excluding carboxylic acids is 1. The molecule has 2 rings (SSSR count). The number of H-pyrrole nitrogens is 1. The van der Waals surface area contributed by atoms with Gasteiger partial charge in [0.25, 0.3) is 0 Å². The second kappa shape index (κ2) is 7.17. The molecule has 1 aromatic heterocycles. The molecule has 124 valence electrons. The molecule has 0 spiro atoms. The van der Waals surface area contributed by atoms with Gasteiger partial charge in [-0.25, -0.2) is 14.2 Å². The van der Waals surface area contributed by atoms with Crippen LogP contribution < -0.4 is 5.69 Å². The van der Waals surface area contributed by atoms with Gasteiger partial charge in [0.05, 0.1) is 12.8 Å². The topological polar surface area (TPSA) is 84.3 Å². The van der Waals surface area contributed by atoms with E-state index in [1.807, 2.05) is 30.3 Å². The van der Waals surface area contributed by atoms with Crippen molar-refractivity contribution in [1.29, 1.82) is 0 Å². The average molecular weight is 318 g/mol. The molecule has 1 atom stereocenters.